The molecule has 0 aromatic carbocycles. The van der Waals surface area contributed by atoms with Gasteiger partial charge in [-0.15, -0.1) is 0 Å². The van der Waals surface area contributed by atoms with Gasteiger partial charge in [-0.25, -0.2) is 14.5 Å². The summed E-state index contributed by atoms with van der Waals surface area (Å²) in [5, 5.41) is 7.58. The van der Waals surface area contributed by atoms with Gasteiger partial charge in [-0.2, -0.15) is 30.0 Å². The second kappa shape index (κ2) is 13.1. The SMILES string of the molecule is CCN[C@H](C)c1cc(-c2cn3ncnc3c(OCCSCCC(N)CCC(F)(F)F)n2)c(OC)cn1. The first-order chi connectivity index (χ1) is 17.2. The number of halogens is 3. The quantitative estimate of drug-likeness (QED) is 0.300. The van der Waals surface area contributed by atoms with Gasteiger partial charge < -0.3 is 20.5 Å². The van der Waals surface area contributed by atoms with E-state index in [9.17, 15) is 13.2 Å². The van der Waals surface area contributed by atoms with E-state index in [4.69, 9.17) is 15.2 Å². The lowest BCUT2D eigenvalue weighted by atomic mass is 10.1. The molecule has 3 heterocycles. The van der Waals surface area contributed by atoms with Gasteiger partial charge in [-0.3, -0.25) is 4.98 Å². The normalized spacial score (nSPS) is 13.6. The first-order valence-electron chi connectivity index (χ1n) is 11.7. The molecular formula is C23H32F3N7O2S. The summed E-state index contributed by atoms with van der Waals surface area (Å²) in [6.07, 6.45) is 0.283. The lowest BCUT2D eigenvalue weighted by Gasteiger charge is -2.15. The van der Waals surface area contributed by atoms with Crippen molar-refractivity contribution in [1.82, 2.24) is 29.9 Å². The van der Waals surface area contributed by atoms with E-state index in [1.165, 1.54) is 6.33 Å². The molecule has 0 amide bonds. The predicted octanol–water partition coefficient (Wildman–Crippen LogP) is 4.04. The van der Waals surface area contributed by atoms with Gasteiger partial charge in [-0.05, 0) is 38.1 Å². The zero-order chi connectivity index (χ0) is 26.1. The van der Waals surface area contributed by atoms with Gasteiger partial charge in [-0.1, -0.05) is 6.92 Å². The zero-order valence-corrected chi connectivity index (χ0v) is 21.4. The second-order valence-corrected chi connectivity index (χ2v) is 9.44. The third-order valence-electron chi connectivity index (χ3n) is 5.47. The van der Waals surface area contributed by atoms with Crippen LogP contribution in [0.15, 0.2) is 24.8 Å². The molecule has 0 aliphatic carbocycles. The van der Waals surface area contributed by atoms with Crippen LogP contribution in [0.25, 0.3) is 16.9 Å². The van der Waals surface area contributed by atoms with Gasteiger partial charge >= 0.3 is 6.18 Å². The van der Waals surface area contributed by atoms with Crippen LogP contribution in [0.4, 0.5) is 13.2 Å². The van der Waals surface area contributed by atoms with E-state index in [0.717, 1.165) is 17.8 Å². The van der Waals surface area contributed by atoms with Gasteiger partial charge in [0.05, 0.1) is 37.5 Å². The Labute approximate surface area is 212 Å². The number of thioether (sulfide) groups is 1. The zero-order valence-electron chi connectivity index (χ0n) is 20.6. The van der Waals surface area contributed by atoms with E-state index >= 15 is 0 Å². The molecule has 0 saturated carbocycles. The van der Waals surface area contributed by atoms with Crippen molar-refractivity contribution in [3.63, 3.8) is 0 Å². The molecule has 198 valence electrons. The number of pyridine rings is 1. The van der Waals surface area contributed by atoms with Crippen LogP contribution in [0, 0.1) is 0 Å². The number of methoxy groups -OCH3 is 1. The van der Waals surface area contributed by atoms with Crippen LogP contribution in [0.5, 0.6) is 11.6 Å². The highest BCUT2D eigenvalue weighted by Gasteiger charge is 2.27. The van der Waals surface area contributed by atoms with Crippen LogP contribution in [-0.2, 0) is 0 Å². The number of fused-ring (bicyclic) bond motifs is 1. The summed E-state index contributed by atoms with van der Waals surface area (Å²) in [6.45, 7) is 5.22. The number of rotatable bonds is 14. The maximum atomic E-state index is 12.3. The Kier molecular flexibility index (Phi) is 10.1. The molecule has 9 nitrogen and oxygen atoms in total. The number of aromatic nitrogens is 5. The van der Waals surface area contributed by atoms with E-state index in [0.29, 0.717) is 47.5 Å². The molecule has 36 heavy (non-hydrogen) atoms. The molecule has 0 aliphatic heterocycles. The van der Waals surface area contributed by atoms with Gasteiger partial charge in [0.15, 0.2) is 0 Å². The molecule has 1 unspecified atom stereocenters. The fourth-order valence-electron chi connectivity index (χ4n) is 3.53. The first kappa shape index (κ1) is 27.9. The summed E-state index contributed by atoms with van der Waals surface area (Å²) in [4.78, 5) is 13.4. The Morgan fingerprint density at radius 1 is 1.22 bits per heavy atom. The van der Waals surface area contributed by atoms with Crippen molar-refractivity contribution in [3.8, 4) is 22.9 Å². The van der Waals surface area contributed by atoms with Crippen molar-refractivity contribution >= 4 is 17.4 Å². The maximum Gasteiger partial charge on any atom is 0.389 e. The molecule has 3 aromatic heterocycles. The van der Waals surface area contributed by atoms with Crippen LogP contribution >= 0.6 is 11.8 Å². The third kappa shape index (κ3) is 7.93. The standard InChI is InChI=1S/C23H32F3N7O2S/c1-4-28-15(2)18-11-17(20(34-3)12-29-18)19-13-33-21(30-14-31-33)22(32-19)35-8-10-36-9-6-16(27)5-7-23(24,25)26/h11-16,28H,4-10,27H2,1-3H3/t15-,16?/m1/s1. The van der Waals surface area contributed by atoms with Gasteiger partial charge in [0.25, 0.3) is 5.88 Å². The van der Waals surface area contributed by atoms with Crippen LogP contribution < -0.4 is 20.5 Å². The molecule has 0 radical (unpaired) electrons. The average Bonchev–Trinajstić information content (AvgIpc) is 3.33. The van der Waals surface area contributed by atoms with Crippen LogP contribution in [0.2, 0.25) is 0 Å². The number of nitrogens with zero attached hydrogens (tertiary/aromatic N) is 5. The second-order valence-electron chi connectivity index (χ2n) is 8.21. The molecule has 3 N–H and O–H groups in total. The smallest absolute Gasteiger partial charge is 0.389 e. The molecule has 13 heteroatoms. The number of ether oxygens (including phenoxy) is 2. The van der Waals surface area contributed by atoms with Crippen molar-refractivity contribution in [2.24, 2.45) is 5.73 Å². The van der Waals surface area contributed by atoms with Gasteiger partial charge in [0.1, 0.15) is 12.1 Å². The summed E-state index contributed by atoms with van der Waals surface area (Å²) >= 11 is 1.57. The molecule has 0 spiro atoms. The molecular weight excluding hydrogens is 495 g/mol. The lowest BCUT2D eigenvalue weighted by molar-refractivity contribution is -0.136. The predicted molar refractivity (Wildman–Crippen MR) is 133 cm³/mol. The highest BCUT2D eigenvalue weighted by Crippen LogP contribution is 2.32. The van der Waals surface area contributed by atoms with Crippen molar-refractivity contribution in [2.45, 2.75) is 51.4 Å². The van der Waals surface area contributed by atoms with E-state index in [-0.39, 0.29) is 12.5 Å². The highest BCUT2D eigenvalue weighted by molar-refractivity contribution is 7.99. The number of nitrogens with two attached hydrogens (primary N) is 1. The molecule has 3 rings (SSSR count). The number of hydrogen-bond donors (Lipinski definition) is 2. The number of hydrogen-bond acceptors (Lipinski definition) is 9. The molecule has 2 atom stereocenters. The van der Waals surface area contributed by atoms with Crippen molar-refractivity contribution in [3.05, 3.63) is 30.5 Å². The van der Waals surface area contributed by atoms with Crippen molar-refractivity contribution in [2.75, 3.05) is 31.8 Å². The Hall–Kier alpha value is -2.64. The van der Waals surface area contributed by atoms with E-state index in [2.05, 4.69) is 25.4 Å². The monoisotopic (exact) mass is 527 g/mol. The Morgan fingerprint density at radius 3 is 2.75 bits per heavy atom. The molecule has 0 saturated heterocycles. The van der Waals surface area contributed by atoms with Crippen molar-refractivity contribution < 1.29 is 22.6 Å². The minimum Gasteiger partial charge on any atom is -0.494 e. The van der Waals surface area contributed by atoms with Gasteiger partial charge in [0, 0.05) is 29.8 Å². The summed E-state index contributed by atoms with van der Waals surface area (Å²) < 4.78 is 50.0. The molecule has 0 fully saturated rings. The Bertz CT molecular complexity index is 1110. The topological polar surface area (TPSA) is 112 Å². The fraction of sp³-hybridized carbons (Fsp3) is 0.565. The molecule has 0 aliphatic rings. The van der Waals surface area contributed by atoms with E-state index in [1.54, 1.807) is 35.8 Å². The Morgan fingerprint density at radius 2 is 2.03 bits per heavy atom. The van der Waals surface area contributed by atoms with Crippen molar-refractivity contribution in [1.29, 1.82) is 0 Å². The van der Waals surface area contributed by atoms with Crippen LogP contribution in [0.1, 0.15) is 44.8 Å². The summed E-state index contributed by atoms with van der Waals surface area (Å²) in [7, 11) is 1.57. The van der Waals surface area contributed by atoms with E-state index in [1.807, 2.05) is 19.9 Å². The summed E-state index contributed by atoms with van der Waals surface area (Å²) in [5.74, 6) is 2.17. The van der Waals surface area contributed by atoms with Crippen LogP contribution in [0.3, 0.4) is 0 Å². The Balaban J connectivity index is 1.65. The minimum absolute atomic E-state index is 0.0454. The minimum atomic E-state index is -4.17. The first-order valence-corrected chi connectivity index (χ1v) is 12.9. The van der Waals surface area contributed by atoms with Gasteiger partial charge in [0.2, 0.25) is 5.65 Å². The average molecular weight is 528 g/mol. The number of alkyl halides is 3. The fourth-order valence-corrected chi connectivity index (χ4v) is 4.40. The summed E-state index contributed by atoms with van der Waals surface area (Å²) in [5.41, 5.74) is 8.45. The molecule has 0 bridgehead atoms. The lowest BCUT2D eigenvalue weighted by Crippen LogP contribution is -2.23. The highest BCUT2D eigenvalue weighted by atomic mass is 32.2. The summed E-state index contributed by atoms with van der Waals surface area (Å²) in [6, 6.07) is 1.51. The third-order valence-corrected chi connectivity index (χ3v) is 6.45. The van der Waals surface area contributed by atoms with Crippen LogP contribution in [-0.4, -0.2) is 68.6 Å². The molecule has 3 aromatic rings. The largest absolute Gasteiger partial charge is 0.494 e. The van der Waals surface area contributed by atoms with E-state index < -0.39 is 18.6 Å². The number of nitrogens with one attached hydrogen (secondary N) is 1. The maximum absolute atomic E-state index is 12.3.